The van der Waals surface area contributed by atoms with Crippen molar-refractivity contribution in [1.29, 1.82) is 0 Å². The predicted molar refractivity (Wildman–Crippen MR) is 111 cm³/mol. The fourth-order valence-electron chi connectivity index (χ4n) is 3.23. The van der Waals surface area contributed by atoms with E-state index in [1.807, 2.05) is 6.07 Å². The van der Waals surface area contributed by atoms with E-state index in [-0.39, 0.29) is 11.5 Å². The first-order chi connectivity index (χ1) is 14.4. The molecule has 0 aliphatic rings. The molecule has 0 heterocycles. The van der Waals surface area contributed by atoms with E-state index in [1.165, 1.54) is 27.4 Å². The van der Waals surface area contributed by atoms with E-state index in [0.717, 1.165) is 5.56 Å². The van der Waals surface area contributed by atoms with Gasteiger partial charge in [-0.05, 0) is 41.8 Å². The minimum Gasteiger partial charge on any atom is -0.493 e. The molecule has 0 aliphatic heterocycles. The fraction of sp³-hybridized carbons (Fsp3) is 0.364. The molecule has 0 radical (unpaired) electrons. The maximum Gasteiger partial charge on any atom is 0.338 e. The normalized spacial score (nSPS) is 11.3. The van der Waals surface area contributed by atoms with Gasteiger partial charge in [0.05, 0.1) is 47.0 Å². The summed E-state index contributed by atoms with van der Waals surface area (Å²) in [4.78, 5) is 25.3. The van der Waals surface area contributed by atoms with E-state index < -0.39 is 11.9 Å². The molecule has 1 N–H and O–H groups in total. The van der Waals surface area contributed by atoms with Crippen LogP contribution in [0.5, 0.6) is 23.0 Å². The molecule has 1 atom stereocenters. The summed E-state index contributed by atoms with van der Waals surface area (Å²) in [5.41, 5.74) is 1.52. The second-order valence-corrected chi connectivity index (χ2v) is 6.35. The molecule has 1 unspecified atom stereocenters. The number of benzene rings is 2. The van der Waals surface area contributed by atoms with Gasteiger partial charge in [-0.15, -0.1) is 0 Å². The zero-order valence-electron chi connectivity index (χ0n) is 18.0. The average molecular weight is 417 g/mol. The van der Waals surface area contributed by atoms with E-state index >= 15 is 0 Å². The van der Waals surface area contributed by atoms with Crippen molar-refractivity contribution in [1.82, 2.24) is 5.32 Å². The zero-order valence-corrected chi connectivity index (χ0v) is 18.0. The van der Waals surface area contributed by atoms with Gasteiger partial charge in [0.1, 0.15) is 0 Å². The molecule has 30 heavy (non-hydrogen) atoms. The number of amides is 1. The molecular formula is C22H27NO7. The van der Waals surface area contributed by atoms with Gasteiger partial charge in [0.15, 0.2) is 23.0 Å². The highest BCUT2D eigenvalue weighted by atomic mass is 16.5. The Bertz CT molecular complexity index is 911. The lowest BCUT2D eigenvalue weighted by Crippen LogP contribution is -2.28. The van der Waals surface area contributed by atoms with Gasteiger partial charge in [-0.1, -0.05) is 6.07 Å². The number of rotatable bonds is 9. The Morgan fingerprint density at radius 1 is 0.833 bits per heavy atom. The van der Waals surface area contributed by atoms with Gasteiger partial charge in [-0.25, -0.2) is 4.79 Å². The van der Waals surface area contributed by atoms with Crippen LogP contribution in [0.1, 0.15) is 27.4 Å². The molecule has 2 aromatic carbocycles. The first-order valence-electron chi connectivity index (χ1n) is 9.20. The van der Waals surface area contributed by atoms with E-state index in [2.05, 4.69) is 5.32 Å². The van der Waals surface area contributed by atoms with Crippen LogP contribution in [-0.4, -0.2) is 54.5 Å². The number of likely N-dealkylation sites (N-methyl/N-ethyl adjacent to an activating group) is 1. The van der Waals surface area contributed by atoms with Gasteiger partial charge >= 0.3 is 5.97 Å². The van der Waals surface area contributed by atoms with Gasteiger partial charge in [0.25, 0.3) is 0 Å². The average Bonchev–Trinajstić information content (AvgIpc) is 2.80. The number of methoxy groups -OCH3 is 5. The minimum absolute atomic E-state index is 0.226. The molecule has 0 saturated heterocycles. The lowest BCUT2D eigenvalue weighted by atomic mass is 9.87. The molecule has 162 valence electrons. The highest BCUT2D eigenvalue weighted by Crippen LogP contribution is 2.37. The third-order valence-electron chi connectivity index (χ3n) is 4.79. The second-order valence-electron chi connectivity index (χ2n) is 6.35. The quantitative estimate of drug-likeness (QED) is 0.627. The van der Waals surface area contributed by atoms with Crippen LogP contribution in [0, 0.1) is 0 Å². The van der Waals surface area contributed by atoms with Crippen molar-refractivity contribution >= 4 is 11.9 Å². The Hall–Kier alpha value is -3.42. The topological polar surface area (TPSA) is 92.3 Å². The maximum atomic E-state index is 12.8. The van der Waals surface area contributed by atoms with Crippen LogP contribution >= 0.6 is 0 Å². The number of esters is 1. The molecule has 2 aromatic rings. The standard InChI is InChI=1S/C22H27NO7/c1-23-21(24)15(9-13-7-8-17(26-2)18(10-13)27-3)14-11-19(28-4)20(29-5)12-16(14)22(25)30-6/h7-8,10-12,15H,9H2,1-6H3,(H,23,24). The Labute approximate surface area is 176 Å². The van der Waals surface area contributed by atoms with Crippen LogP contribution in [0.2, 0.25) is 0 Å². The summed E-state index contributed by atoms with van der Waals surface area (Å²) in [6.07, 6.45) is 0.305. The largest absolute Gasteiger partial charge is 0.493 e. The van der Waals surface area contributed by atoms with Crippen molar-refractivity contribution in [3.8, 4) is 23.0 Å². The van der Waals surface area contributed by atoms with Crippen LogP contribution in [0.25, 0.3) is 0 Å². The molecule has 0 spiro atoms. The van der Waals surface area contributed by atoms with Crippen molar-refractivity contribution in [3.05, 3.63) is 47.0 Å². The number of hydrogen-bond donors (Lipinski definition) is 1. The summed E-state index contributed by atoms with van der Waals surface area (Å²) in [6.45, 7) is 0. The van der Waals surface area contributed by atoms with Gasteiger partial charge in [-0.2, -0.15) is 0 Å². The smallest absolute Gasteiger partial charge is 0.338 e. The van der Waals surface area contributed by atoms with Crippen molar-refractivity contribution in [2.24, 2.45) is 0 Å². The molecule has 0 aromatic heterocycles. The Balaban J connectivity index is 2.61. The molecule has 0 bridgehead atoms. The molecule has 0 aliphatic carbocycles. The van der Waals surface area contributed by atoms with Crippen molar-refractivity contribution in [2.75, 3.05) is 42.6 Å². The molecule has 0 fully saturated rings. The number of carbonyl (C=O) groups excluding carboxylic acids is 2. The van der Waals surface area contributed by atoms with Crippen molar-refractivity contribution < 1.29 is 33.3 Å². The van der Waals surface area contributed by atoms with Crippen molar-refractivity contribution in [2.45, 2.75) is 12.3 Å². The highest BCUT2D eigenvalue weighted by Gasteiger charge is 2.28. The lowest BCUT2D eigenvalue weighted by molar-refractivity contribution is -0.122. The van der Waals surface area contributed by atoms with Gasteiger partial charge in [-0.3, -0.25) is 4.79 Å². The number of ether oxygens (including phenoxy) is 5. The fourth-order valence-corrected chi connectivity index (χ4v) is 3.23. The van der Waals surface area contributed by atoms with E-state index in [1.54, 1.807) is 39.5 Å². The van der Waals surface area contributed by atoms with Crippen molar-refractivity contribution in [3.63, 3.8) is 0 Å². The zero-order chi connectivity index (χ0) is 22.3. The Kier molecular flexibility index (Phi) is 7.91. The molecular weight excluding hydrogens is 390 g/mol. The third-order valence-corrected chi connectivity index (χ3v) is 4.79. The Morgan fingerprint density at radius 3 is 1.93 bits per heavy atom. The van der Waals surface area contributed by atoms with Gasteiger partial charge in [0, 0.05) is 7.05 Å². The van der Waals surface area contributed by atoms with Crippen LogP contribution in [0.4, 0.5) is 0 Å². The molecule has 1 amide bonds. The number of hydrogen-bond acceptors (Lipinski definition) is 7. The summed E-state index contributed by atoms with van der Waals surface area (Å²) < 4.78 is 26.2. The molecule has 0 saturated carbocycles. The van der Waals surface area contributed by atoms with E-state index in [0.29, 0.717) is 35.0 Å². The number of carbonyl (C=O) groups is 2. The third kappa shape index (κ3) is 4.76. The maximum absolute atomic E-state index is 12.8. The van der Waals surface area contributed by atoms with Gasteiger partial charge in [0.2, 0.25) is 5.91 Å². The molecule has 8 nitrogen and oxygen atoms in total. The molecule has 2 rings (SSSR count). The molecule has 8 heteroatoms. The monoisotopic (exact) mass is 417 g/mol. The first-order valence-corrected chi connectivity index (χ1v) is 9.20. The summed E-state index contributed by atoms with van der Waals surface area (Å²) in [7, 11) is 8.88. The summed E-state index contributed by atoms with van der Waals surface area (Å²) in [6, 6.07) is 8.56. The Morgan fingerprint density at radius 2 is 1.40 bits per heavy atom. The SMILES string of the molecule is CNC(=O)C(Cc1ccc(OC)c(OC)c1)c1cc(OC)c(OC)cc1C(=O)OC. The first kappa shape index (κ1) is 22.9. The van der Waals surface area contributed by atoms with Gasteiger partial charge < -0.3 is 29.0 Å². The highest BCUT2D eigenvalue weighted by molar-refractivity contribution is 5.95. The summed E-state index contributed by atoms with van der Waals surface area (Å²) in [5.74, 6) is 0.367. The van der Waals surface area contributed by atoms with Crippen LogP contribution in [-0.2, 0) is 16.0 Å². The summed E-state index contributed by atoms with van der Waals surface area (Å²) >= 11 is 0. The van der Waals surface area contributed by atoms with E-state index in [4.69, 9.17) is 23.7 Å². The van der Waals surface area contributed by atoms with Crippen LogP contribution < -0.4 is 24.3 Å². The second kappa shape index (κ2) is 10.4. The lowest BCUT2D eigenvalue weighted by Gasteiger charge is -2.21. The van der Waals surface area contributed by atoms with Crippen LogP contribution in [0.3, 0.4) is 0 Å². The summed E-state index contributed by atoms with van der Waals surface area (Å²) in [5, 5.41) is 2.67. The van der Waals surface area contributed by atoms with Crippen LogP contribution in [0.15, 0.2) is 30.3 Å². The minimum atomic E-state index is -0.693. The van der Waals surface area contributed by atoms with E-state index in [9.17, 15) is 9.59 Å². The number of nitrogens with one attached hydrogen (secondary N) is 1. The predicted octanol–water partition coefficient (Wildman–Crippen LogP) is 2.58.